The molecule has 0 spiro atoms. The fourth-order valence-corrected chi connectivity index (χ4v) is 3.05. The van der Waals surface area contributed by atoms with Crippen molar-refractivity contribution >= 4 is 0 Å². The average molecular weight is 270 g/mol. The van der Waals surface area contributed by atoms with E-state index >= 15 is 0 Å². The highest BCUT2D eigenvalue weighted by atomic mass is 19.1. The number of nitrogens with zero attached hydrogens (tertiary/aromatic N) is 1. The highest BCUT2D eigenvalue weighted by Crippen LogP contribution is 2.35. The first-order valence-electron chi connectivity index (χ1n) is 7.16. The van der Waals surface area contributed by atoms with Gasteiger partial charge in [0.25, 0.3) is 0 Å². The summed E-state index contributed by atoms with van der Waals surface area (Å²) in [5, 5.41) is 2.99. The van der Waals surface area contributed by atoms with Gasteiger partial charge in [0.1, 0.15) is 5.82 Å². The van der Waals surface area contributed by atoms with E-state index in [1.807, 2.05) is 31.4 Å². The van der Waals surface area contributed by atoms with Crippen LogP contribution in [0.25, 0.3) is 0 Å². The molecule has 1 atom stereocenters. The lowest BCUT2D eigenvalue weighted by atomic mass is 9.82. The smallest absolute Gasteiger partial charge is 0.127 e. The minimum Gasteiger partial charge on any atom is -0.316 e. The van der Waals surface area contributed by atoms with Crippen LogP contribution in [0.3, 0.4) is 0 Å². The van der Waals surface area contributed by atoms with Crippen molar-refractivity contribution in [3.05, 3.63) is 64.7 Å². The van der Waals surface area contributed by atoms with Gasteiger partial charge in [0, 0.05) is 24.2 Å². The van der Waals surface area contributed by atoms with Gasteiger partial charge in [0.2, 0.25) is 0 Å². The Hall–Kier alpha value is -1.74. The maximum atomic E-state index is 14.1. The molecule has 1 aliphatic carbocycles. The summed E-state index contributed by atoms with van der Waals surface area (Å²) in [6.45, 7) is 0.561. The molecule has 0 fully saturated rings. The van der Waals surface area contributed by atoms with Crippen LogP contribution in [0.4, 0.5) is 4.39 Å². The predicted octanol–water partition coefficient (Wildman–Crippen LogP) is 3.41. The van der Waals surface area contributed by atoms with E-state index in [0.717, 1.165) is 30.5 Å². The van der Waals surface area contributed by atoms with Crippen LogP contribution in [0.15, 0.2) is 36.5 Å². The lowest BCUT2D eigenvalue weighted by molar-refractivity contribution is 0.576. The fourth-order valence-electron chi connectivity index (χ4n) is 3.05. The Labute approximate surface area is 119 Å². The van der Waals surface area contributed by atoms with E-state index in [-0.39, 0.29) is 11.7 Å². The molecule has 0 amide bonds. The highest BCUT2D eigenvalue weighted by Gasteiger charge is 2.23. The molecular weight excluding hydrogens is 251 g/mol. The first-order valence-corrected chi connectivity index (χ1v) is 7.16. The Balaban J connectivity index is 1.96. The van der Waals surface area contributed by atoms with E-state index in [2.05, 4.69) is 16.4 Å². The van der Waals surface area contributed by atoms with Gasteiger partial charge in [-0.1, -0.05) is 18.2 Å². The molecule has 0 saturated heterocycles. The van der Waals surface area contributed by atoms with Gasteiger partial charge in [0.15, 0.2) is 0 Å². The van der Waals surface area contributed by atoms with Crippen molar-refractivity contribution in [2.75, 3.05) is 7.05 Å². The molecule has 104 valence electrons. The van der Waals surface area contributed by atoms with Crippen LogP contribution < -0.4 is 5.32 Å². The molecule has 1 unspecified atom stereocenters. The molecule has 2 aromatic rings. The number of fused-ring (bicyclic) bond motifs is 1. The minimum atomic E-state index is -0.125. The SMILES string of the molecule is CNCc1ccc(C2CCCc3cccnc32)cc1F. The normalized spacial score (nSPS) is 17.8. The molecule has 3 rings (SSSR count). The Kier molecular flexibility index (Phi) is 3.79. The zero-order chi connectivity index (χ0) is 13.9. The van der Waals surface area contributed by atoms with E-state index in [9.17, 15) is 4.39 Å². The van der Waals surface area contributed by atoms with E-state index in [1.165, 1.54) is 5.56 Å². The van der Waals surface area contributed by atoms with Crippen molar-refractivity contribution in [2.24, 2.45) is 0 Å². The number of benzene rings is 1. The maximum absolute atomic E-state index is 14.1. The highest BCUT2D eigenvalue weighted by molar-refractivity contribution is 5.37. The van der Waals surface area contributed by atoms with Gasteiger partial charge >= 0.3 is 0 Å². The van der Waals surface area contributed by atoms with Crippen LogP contribution in [-0.4, -0.2) is 12.0 Å². The number of nitrogens with one attached hydrogen (secondary N) is 1. The third-order valence-corrected chi connectivity index (χ3v) is 4.04. The van der Waals surface area contributed by atoms with E-state index in [0.29, 0.717) is 12.1 Å². The molecule has 1 aromatic heterocycles. The van der Waals surface area contributed by atoms with Gasteiger partial charge < -0.3 is 5.32 Å². The summed E-state index contributed by atoms with van der Waals surface area (Å²) in [5.41, 5.74) is 4.19. The Morgan fingerprint density at radius 1 is 1.35 bits per heavy atom. The van der Waals surface area contributed by atoms with Crippen LogP contribution in [0.5, 0.6) is 0 Å². The number of pyridine rings is 1. The van der Waals surface area contributed by atoms with Crippen molar-refractivity contribution in [2.45, 2.75) is 31.7 Å². The average Bonchev–Trinajstić information content (AvgIpc) is 2.49. The topological polar surface area (TPSA) is 24.9 Å². The molecule has 1 aliphatic rings. The summed E-state index contributed by atoms with van der Waals surface area (Å²) in [4.78, 5) is 4.53. The zero-order valence-corrected chi connectivity index (χ0v) is 11.7. The molecule has 0 aliphatic heterocycles. The predicted molar refractivity (Wildman–Crippen MR) is 78.2 cm³/mol. The summed E-state index contributed by atoms with van der Waals surface area (Å²) in [6.07, 6.45) is 5.11. The van der Waals surface area contributed by atoms with Gasteiger partial charge in [-0.2, -0.15) is 0 Å². The number of aromatic nitrogens is 1. The van der Waals surface area contributed by atoms with E-state index in [4.69, 9.17) is 0 Å². The van der Waals surface area contributed by atoms with Crippen LogP contribution in [-0.2, 0) is 13.0 Å². The van der Waals surface area contributed by atoms with Crippen LogP contribution in [0.1, 0.15) is 41.1 Å². The number of rotatable bonds is 3. The Morgan fingerprint density at radius 2 is 2.25 bits per heavy atom. The molecule has 1 aromatic carbocycles. The molecule has 2 nitrogen and oxygen atoms in total. The third kappa shape index (κ3) is 2.46. The van der Waals surface area contributed by atoms with Crippen LogP contribution in [0.2, 0.25) is 0 Å². The van der Waals surface area contributed by atoms with E-state index < -0.39 is 0 Å². The molecule has 0 bridgehead atoms. The lowest BCUT2D eigenvalue weighted by Gasteiger charge is -2.24. The molecule has 0 radical (unpaired) electrons. The zero-order valence-electron chi connectivity index (χ0n) is 11.7. The maximum Gasteiger partial charge on any atom is 0.127 e. The summed E-state index contributed by atoms with van der Waals surface area (Å²) in [7, 11) is 1.83. The standard InChI is InChI=1S/C17H19FN2/c1-19-11-14-8-7-13(10-16(14)18)15-6-2-4-12-5-3-9-20-17(12)15/h3,5,7-10,15,19H,2,4,6,11H2,1H3. The Morgan fingerprint density at radius 3 is 3.05 bits per heavy atom. The van der Waals surface area contributed by atoms with Crippen LogP contribution >= 0.6 is 0 Å². The molecule has 1 N–H and O–H groups in total. The quantitative estimate of drug-likeness (QED) is 0.924. The number of hydrogen-bond acceptors (Lipinski definition) is 2. The third-order valence-electron chi connectivity index (χ3n) is 4.04. The molecule has 20 heavy (non-hydrogen) atoms. The number of halogens is 1. The van der Waals surface area contributed by atoms with Crippen molar-refractivity contribution in [1.82, 2.24) is 10.3 Å². The first kappa shape index (κ1) is 13.3. The summed E-state index contributed by atoms with van der Waals surface area (Å²) >= 11 is 0. The lowest BCUT2D eigenvalue weighted by Crippen LogP contribution is -2.14. The number of hydrogen-bond donors (Lipinski definition) is 1. The van der Waals surface area contributed by atoms with Crippen molar-refractivity contribution in [3.63, 3.8) is 0 Å². The first-order chi connectivity index (χ1) is 9.79. The Bertz CT molecular complexity index is 610. The van der Waals surface area contributed by atoms with Crippen molar-refractivity contribution < 1.29 is 4.39 Å². The van der Waals surface area contributed by atoms with Gasteiger partial charge in [-0.05, 0) is 49.6 Å². The molecule has 3 heteroatoms. The molecular formula is C17H19FN2. The molecule has 1 heterocycles. The fraction of sp³-hybridized carbons (Fsp3) is 0.353. The second kappa shape index (κ2) is 5.71. The minimum absolute atomic E-state index is 0.125. The summed E-state index contributed by atoms with van der Waals surface area (Å²) in [6, 6.07) is 9.74. The number of aryl methyl sites for hydroxylation is 1. The second-order valence-electron chi connectivity index (χ2n) is 5.37. The molecule has 0 saturated carbocycles. The van der Waals surface area contributed by atoms with Gasteiger partial charge in [-0.15, -0.1) is 0 Å². The van der Waals surface area contributed by atoms with Crippen molar-refractivity contribution in [3.8, 4) is 0 Å². The summed E-state index contributed by atoms with van der Waals surface area (Å²) < 4.78 is 14.1. The van der Waals surface area contributed by atoms with Gasteiger partial charge in [0.05, 0.1) is 5.69 Å². The summed E-state index contributed by atoms with van der Waals surface area (Å²) in [5.74, 6) is 0.109. The van der Waals surface area contributed by atoms with Gasteiger partial charge in [-0.3, -0.25) is 4.98 Å². The second-order valence-corrected chi connectivity index (χ2v) is 5.37. The van der Waals surface area contributed by atoms with Gasteiger partial charge in [-0.25, -0.2) is 4.39 Å². The van der Waals surface area contributed by atoms with Crippen LogP contribution in [0, 0.1) is 5.82 Å². The largest absolute Gasteiger partial charge is 0.316 e. The van der Waals surface area contributed by atoms with E-state index in [1.54, 1.807) is 6.07 Å². The monoisotopic (exact) mass is 270 g/mol. The van der Waals surface area contributed by atoms with Crippen molar-refractivity contribution in [1.29, 1.82) is 0 Å².